The molecular weight excluding hydrogens is 383 g/mol. The molecule has 3 heterocycles. The predicted molar refractivity (Wildman–Crippen MR) is 100 cm³/mol. The Labute approximate surface area is 162 Å². The van der Waals surface area contributed by atoms with E-state index in [1.54, 1.807) is 23.1 Å². The topological polar surface area (TPSA) is 82.6 Å². The van der Waals surface area contributed by atoms with E-state index >= 15 is 0 Å². The fraction of sp³-hybridized carbons (Fsp3) is 0.263. The first-order valence-corrected chi connectivity index (χ1v) is 10.2. The molecule has 9 heteroatoms. The van der Waals surface area contributed by atoms with Crippen molar-refractivity contribution in [2.75, 3.05) is 26.2 Å². The quantitative estimate of drug-likeness (QED) is 0.790. The zero-order valence-electron chi connectivity index (χ0n) is 15.0. The van der Waals surface area contributed by atoms with E-state index in [4.69, 9.17) is 0 Å². The molecule has 0 saturated carbocycles. The molecule has 2 aliphatic heterocycles. The first kappa shape index (κ1) is 18.6. The lowest BCUT2D eigenvalue weighted by atomic mass is 10.2. The van der Waals surface area contributed by atoms with Crippen LogP contribution in [-0.4, -0.2) is 54.8 Å². The molecule has 1 aromatic heterocycles. The third-order valence-electron chi connectivity index (χ3n) is 4.91. The van der Waals surface area contributed by atoms with Crippen LogP contribution in [0.4, 0.5) is 9.18 Å². The number of nitrogens with zero attached hydrogens (tertiary/aromatic N) is 3. The molecule has 28 heavy (non-hydrogen) atoms. The Morgan fingerprint density at radius 1 is 1.07 bits per heavy atom. The number of nitrogens with one attached hydrogen (secondary N) is 1. The average Bonchev–Trinajstić information content (AvgIpc) is 3.28. The summed E-state index contributed by atoms with van der Waals surface area (Å²) in [7, 11) is -3.59. The molecule has 0 aliphatic carbocycles. The number of hydrogen-bond donors (Lipinski definition) is 1. The average molecular weight is 402 g/mol. The van der Waals surface area contributed by atoms with Gasteiger partial charge < -0.3 is 10.2 Å². The van der Waals surface area contributed by atoms with Crippen LogP contribution in [0.2, 0.25) is 0 Å². The molecule has 2 amide bonds. The third kappa shape index (κ3) is 3.63. The number of pyridine rings is 1. The number of carbonyl (C=O) groups is 1. The van der Waals surface area contributed by atoms with E-state index < -0.39 is 10.0 Å². The van der Waals surface area contributed by atoms with Crippen LogP contribution in [0.5, 0.6) is 0 Å². The van der Waals surface area contributed by atoms with Gasteiger partial charge in [-0.05, 0) is 41.0 Å². The van der Waals surface area contributed by atoms with Gasteiger partial charge >= 0.3 is 6.03 Å². The van der Waals surface area contributed by atoms with E-state index in [1.165, 1.54) is 34.9 Å². The number of urea groups is 1. The third-order valence-corrected chi connectivity index (χ3v) is 6.69. The van der Waals surface area contributed by atoms with E-state index in [-0.39, 0.29) is 29.8 Å². The number of amides is 2. The van der Waals surface area contributed by atoms with Crippen LogP contribution >= 0.6 is 0 Å². The molecular formula is C19H19FN4O3S. The van der Waals surface area contributed by atoms with E-state index in [0.29, 0.717) is 19.6 Å². The van der Waals surface area contributed by atoms with Gasteiger partial charge in [0.1, 0.15) is 10.7 Å². The van der Waals surface area contributed by atoms with Crippen molar-refractivity contribution in [1.82, 2.24) is 19.5 Å². The maximum absolute atomic E-state index is 12.9. The van der Waals surface area contributed by atoms with Gasteiger partial charge in [-0.15, -0.1) is 0 Å². The largest absolute Gasteiger partial charge is 0.334 e. The van der Waals surface area contributed by atoms with E-state index in [9.17, 15) is 17.6 Å². The van der Waals surface area contributed by atoms with Crippen molar-refractivity contribution in [3.05, 3.63) is 71.3 Å². The number of sulfonamides is 1. The van der Waals surface area contributed by atoms with Crippen molar-refractivity contribution in [1.29, 1.82) is 0 Å². The van der Waals surface area contributed by atoms with Crippen molar-refractivity contribution in [3.63, 3.8) is 0 Å². The number of aromatic nitrogens is 1. The Hall–Kier alpha value is -2.78. The Bertz CT molecular complexity index is 1000. The molecule has 1 aromatic carbocycles. The van der Waals surface area contributed by atoms with Crippen molar-refractivity contribution in [2.45, 2.75) is 11.4 Å². The molecule has 0 radical (unpaired) electrons. The van der Waals surface area contributed by atoms with Gasteiger partial charge in [0.05, 0.1) is 0 Å². The summed E-state index contributed by atoms with van der Waals surface area (Å²) in [5, 5.41) is 2.81. The maximum atomic E-state index is 12.9. The van der Waals surface area contributed by atoms with E-state index in [1.807, 2.05) is 0 Å². The Morgan fingerprint density at radius 2 is 1.75 bits per heavy atom. The number of hydrogen-bond acceptors (Lipinski definition) is 4. The van der Waals surface area contributed by atoms with E-state index in [2.05, 4.69) is 10.3 Å². The standard InChI is InChI=1S/C19H19FN4O3S/c20-17-5-3-14(4-6-17)8-22-19(25)23-10-15-12-24(13-16(15)11-23)28(26,27)18-2-1-7-21-9-18/h1-7,9H,8,10-13H2,(H,22,25). The second-order valence-corrected chi connectivity index (χ2v) is 8.75. The summed E-state index contributed by atoms with van der Waals surface area (Å²) in [6.07, 6.45) is 2.87. The highest BCUT2D eigenvalue weighted by Crippen LogP contribution is 2.29. The molecule has 0 bridgehead atoms. The van der Waals surface area contributed by atoms with Crippen LogP contribution in [0, 0.1) is 5.82 Å². The summed E-state index contributed by atoms with van der Waals surface area (Å²) in [6.45, 7) is 1.69. The molecule has 7 nitrogen and oxygen atoms in total. The molecule has 2 aliphatic rings. The smallest absolute Gasteiger partial charge is 0.318 e. The molecule has 2 aromatic rings. The van der Waals surface area contributed by atoms with Crippen LogP contribution in [0.3, 0.4) is 0 Å². The Kier molecular flexibility index (Phi) is 4.86. The highest BCUT2D eigenvalue weighted by molar-refractivity contribution is 7.89. The second-order valence-electron chi connectivity index (χ2n) is 6.81. The van der Waals surface area contributed by atoms with Gasteiger partial charge in [-0.25, -0.2) is 17.6 Å². The highest BCUT2D eigenvalue weighted by atomic mass is 32.2. The predicted octanol–water partition coefficient (Wildman–Crippen LogP) is 1.75. The van der Waals surface area contributed by atoms with Crippen molar-refractivity contribution >= 4 is 16.1 Å². The maximum Gasteiger partial charge on any atom is 0.318 e. The molecule has 4 rings (SSSR count). The first-order valence-electron chi connectivity index (χ1n) is 8.80. The summed E-state index contributed by atoms with van der Waals surface area (Å²) in [5.74, 6) is -0.318. The van der Waals surface area contributed by atoms with Crippen LogP contribution in [-0.2, 0) is 16.6 Å². The molecule has 0 saturated heterocycles. The zero-order chi connectivity index (χ0) is 19.7. The minimum Gasteiger partial charge on any atom is -0.334 e. The summed E-state index contributed by atoms with van der Waals surface area (Å²) in [5.41, 5.74) is 2.73. The minimum atomic E-state index is -3.59. The van der Waals surface area contributed by atoms with E-state index in [0.717, 1.165) is 16.7 Å². The zero-order valence-corrected chi connectivity index (χ0v) is 15.8. The van der Waals surface area contributed by atoms with Gasteiger partial charge in [-0.3, -0.25) is 4.98 Å². The highest BCUT2D eigenvalue weighted by Gasteiger charge is 2.37. The molecule has 146 valence electrons. The number of carbonyl (C=O) groups excluding carboxylic acids is 1. The van der Waals surface area contributed by atoms with Gasteiger partial charge in [0.2, 0.25) is 10.0 Å². The lowest BCUT2D eigenvalue weighted by molar-refractivity contribution is 0.208. The first-order chi connectivity index (χ1) is 13.4. The Morgan fingerprint density at radius 3 is 2.36 bits per heavy atom. The number of rotatable bonds is 4. The number of benzene rings is 1. The summed E-state index contributed by atoms with van der Waals surface area (Å²) in [4.78, 5) is 18.1. The van der Waals surface area contributed by atoms with Crippen molar-refractivity contribution in [2.24, 2.45) is 0 Å². The summed E-state index contributed by atoms with van der Waals surface area (Å²) >= 11 is 0. The van der Waals surface area contributed by atoms with Crippen LogP contribution in [0.15, 0.2) is 64.8 Å². The van der Waals surface area contributed by atoms with Gasteiger partial charge in [-0.2, -0.15) is 4.31 Å². The molecule has 1 N–H and O–H groups in total. The fourth-order valence-corrected chi connectivity index (χ4v) is 4.79. The molecule has 0 spiro atoms. The Balaban J connectivity index is 1.33. The van der Waals surface area contributed by atoms with Gasteiger partial charge in [0.25, 0.3) is 0 Å². The lowest BCUT2D eigenvalue weighted by Gasteiger charge is -2.23. The number of halogens is 1. The van der Waals surface area contributed by atoms with Crippen LogP contribution in [0.1, 0.15) is 5.56 Å². The van der Waals surface area contributed by atoms with Gasteiger partial charge in [0.15, 0.2) is 0 Å². The molecule has 0 fully saturated rings. The van der Waals surface area contributed by atoms with Crippen LogP contribution < -0.4 is 5.32 Å². The van der Waals surface area contributed by atoms with Crippen molar-refractivity contribution < 1.29 is 17.6 Å². The SMILES string of the molecule is O=C(NCc1ccc(F)cc1)N1CC2=C(C1)CN(S(=O)(=O)c1cccnc1)C2. The lowest BCUT2D eigenvalue weighted by Crippen LogP contribution is -2.41. The van der Waals surface area contributed by atoms with Crippen LogP contribution in [0.25, 0.3) is 0 Å². The summed E-state index contributed by atoms with van der Waals surface area (Å²) < 4.78 is 39.8. The summed E-state index contributed by atoms with van der Waals surface area (Å²) in [6, 6.07) is 8.85. The normalized spacial score (nSPS) is 17.1. The molecule has 0 unspecified atom stereocenters. The fourth-order valence-electron chi connectivity index (χ4n) is 3.40. The second kappa shape index (κ2) is 7.33. The van der Waals surface area contributed by atoms with Gasteiger partial charge in [-0.1, -0.05) is 12.1 Å². The monoisotopic (exact) mass is 402 g/mol. The minimum absolute atomic E-state index is 0.171. The molecule has 0 atom stereocenters. The van der Waals surface area contributed by atoms with Gasteiger partial charge in [0, 0.05) is 45.1 Å². The van der Waals surface area contributed by atoms with Crippen molar-refractivity contribution in [3.8, 4) is 0 Å².